The number of carbonyl (C=O) groups excluding carboxylic acids is 2. The first kappa shape index (κ1) is 26.2. The van der Waals surface area contributed by atoms with Gasteiger partial charge in [0.15, 0.2) is 5.69 Å². The predicted molar refractivity (Wildman–Crippen MR) is 158 cm³/mol. The molecule has 0 bridgehead atoms. The fraction of sp³-hybridized carbons (Fsp3) is 0.303. The van der Waals surface area contributed by atoms with Crippen molar-refractivity contribution in [3.63, 3.8) is 0 Å². The van der Waals surface area contributed by atoms with Gasteiger partial charge in [0.2, 0.25) is 5.91 Å². The number of nitrogens with one attached hydrogen (secondary N) is 1. The van der Waals surface area contributed by atoms with Crippen molar-refractivity contribution in [3.05, 3.63) is 112 Å². The molecule has 1 atom stereocenters. The standard InChI is InChI=1S/C33H32FN5O3/c1-22-6-12-30(32(40)36-22)39-20-27-26(33(39)41)4-3-5-31(27)42-21-24-9-7-23(8-10-24)19-37-14-16-38(17-15-37)29-13-11-25(35-2)18-28(29)34/h3-5,7-11,13,18,30H,1,6,12,14-17,19-21H2,(H,36,40)/t30-/m1/s1/i30D. The first-order chi connectivity index (χ1) is 20.7. The monoisotopic (exact) mass is 566 g/mol. The molecule has 0 spiro atoms. The number of hydrogen-bond donors (Lipinski definition) is 1. The predicted octanol–water partition coefficient (Wildman–Crippen LogP) is 5.03. The maximum absolute atomic E-state index is 14.4. The van der Waals surface area contributed by atoms with Crippen molar-refractivity contribution in [2.45, 2.75) is 38.6 Å². The van der Waals surface area contributed by atoms with Gasteiger partial charge in [0, 0.05) is 49.5 Å². The van der Waals surface area contributed by atoms with Crippen molar-refractivity contribution in [2.75, 3.05) is 31.1 Å². The molecule has 3 aromatic carbocycles. The molecule has 1 N–H and O–H groups in total. The topological polar surface area (TPSA) is 69.5 Å². The van der Waals surface area contributed by atoms with Crippen molar-refractivity contribution in [1.82, 2.24) is 15.1 Å². The van der Waals surface area contributed by atoms with Crippen molar-refractivity contribution >= 4 is 23.2 Å². The molecule has 3 aliphatic heterocycles. The minimum atomic E-state index is -1.68. The number of ether oxygens (including phenoxy) is 1. The molecule has 6 rings (SSSR count). The van der Waals surface area contributed by atoms with E-state index in [1.165, 1.54) is 16.5 Å². The maximum atomic E-state index is 14.4. The first-order valence-corrected chi connectivity index (χ1v) is 14.0. The number of rotatable bonds is 7. The van der Waals surface area contributed by atoms with Crippen LogP contribution in [0.2, 0.25) is 0 Å². The zero-order chi connectivity index (χ0) is 30.1. The number of halogens is 1. The van der Waals surface area contributed by atoms with Crippen LogP contribution in [0.4, 0.5) is 15.8 Å². The van der Waals surface area contributed by atoms with E-state index in [4.69, 9.17) is 12.7 Å². The highest BCUT2D eigenvalue weighted by Gasteiger charge is 2.39. The van der Waals surface area contributed by atoms with E-state index < -0.39 is 11.9 Å². The summed E-state index contributed by atoms with van der Waals surface area (Å²) < 4.78 is 29.4. The van der Waals surface area contributed by atoms with Crippen LogP contribution in [0.5, 0.6) is 5.75 Å². The van der Waals surface area contributed by atoms with Gasteiger partial charge in [-0.1, -0.05) is 43.0 Å². The lowest BCUT2D eigenvalue weighted by Gasteiger charge is -2.36. The Morgan fingerprint density at radius 3 is 2.55 bits per heavy atom. The summed E-state index contributed by atoms with van der Waals surface area (Å²) >= 11 is 0. The molecule has 3 aromatic rings. The van der Waals surface area contributed by atoms with Crippen LogP contribution in [0.3, 0.4) is 0 Å². The summed E-state index contributed by atoms with van der Waals surface area (Å²) in [6.45, 7) is 15.1. The summed E-state index contributed by atoms with van der Waals surface area (Å²) in [6, 6.07) is 16.4. The van der Waals surface area contributed by atoms with Crippen LogP contribution in [-0.2, 0) is 24.5 Å². The van der Waals surface area contributed by atoms with Crippen LogP contribution in [0.1, 0.15) is 41.3 Å². The summed E-state index contributed by atoms with van der Waals surface area (Å²) in [6.07, 6.45) is 0.649. The van der Waals surface area contributed by atoms with Crippen molar-refractivity contribution < 1.29 is 20.1 Å². The van der Waals surface area contributed by atoms with Gasteiger partial charge in [-0.3, -0.25) is 14.5 Å². The fourth-order valence-electron chi connectivity index (χ4n) is 5.72. The number of nitrogens with zero attached hydrogens (tertiary/aromatic N) is 4. The second-order valence-electron chi connectivity index (χ2n) is 10.8. The molecular weight excluding hydrogens is 533 g/mol. The van der Waals surface area contributed by atoms with Gasteiger partial charge >= 0.3 is 0 Å². The summed E-state index contributed by atoms with van der Waals surface area (Å²) in [4.78, 5) is 34.8. The zero-order valence-corrected chi connectivity index (χ0v) is 23.2. The summed E-state index contributed by atoms with van der Waals surface area (Å²) in [5.41, 5.74) is 4.71. The number of piperidine rings is 1. The average molecular weight is 567 g/mol. The van der Waals surface area contributed by atoms with E-state index in [0.717, 1.165) is 25.2 Å². The third-order valence-electron chi connectivity index (χ3n) is 8.06. The lowest BCUT2D eigenvalue weighted by Crippen LogP contribution is -2.49. The van der Waals surface area contributed by atoms with Crippen LogP contribution in [0, 0.1) is 12.4 Å². The molecule has 0 saturated carbocycles. The molecular formula is C33H32FN5O3. The molecule has 9 heteroatoms. The fourth-order valence-corrected chi connectivity index (χ4v) is 5.72. The van der Waals surface area contributed by atoms with Crippen molar-refractivity contribution in [1.29, 1.82) is 0 Å². The lowest BCUT2D eigenvalue weighted by atomic mass is 10.0. The Morgan fingerprint density at radius 2 is 1.83 bits per heavy atom. The van der Waals surface area contributed by atoms with Gasteiger partial charge < -0.3 is 19.9 Å². The Balaban J connectivity index is 1.04. The van der Waals surface area contributed by atoms with Gasteiger partial charge in [0.05, 0.1) is 20.2 Å². The third-order valence-corrected chi connectivity index (χ3v) is 8.06. The normalized spacial score (nSPS) is 21.0. The van der Waals surface area contributed by atoms with Crippen LogP contribution in [0.25, 0.3) is 4.85 Å². The van der Waals surface area contributed by atoms with Gasteiger partial charge in [-0.2, -0.15) is 0 Å². The van der Waals surface area contributed by atoms with Gasteiger partial charge in [0.25, 0.3) is 5.91 Å². The highest BCUT2D eigenvalue weighted by atomic mass is 19.1. The van der Waals surface area contributed by atoms with E-state index in [0.29, 0.717) is 60.1 Å². The lowest BCUT2D eigenvalue weighted by molar-refractivity contribution is -0.126. The highest BCUT2D eigenvalue weighted by Crippen LogP contribution is 2.34. The quantitative estimate of drug-likeness (QED) is 0.407. The van der Waals surface area contributed by atoms with Gasteiger partial charge in [0.1, 0.15) is 24.2 Å². The molecule has 3 aliphatic rings. The molecule has 3 heterocycles. The molecule has 0 aliphatic carbocycles. The third kappa shape index (κ3) is 5.58. The number of piperazine rings is 1. The summed E-state index contributed by atoms with van der Waals surface area (Å²) in [7, 11) is 0. The Morgan fingerprint density at radius 1 is 1.07 bits per heavy atom. The number of carbonyl (C=O) groups is 2. The summed E-state index contributed by atoms with van der Waals surface area (Å²) in [5.74, 6) is -0.658. The molecule has 8 nitrogen and oxygen atoms in total. The number of amides is 2. The highest BCUT2D eigenvalue weighted by molar-refractivity contribution is 6.02. The Hall–Kier alpha value is -4.68. The minimum absolute atomic E-state index is 0.138. The molecule has 0 radical (unpaired) electrons. The summed E-state index contributed by atoms with van der Waals surface area (Å²) in [5, 5.41) is 2.63. The zero-order valence-electron chi connectivity index (χ0n) is 24.2. The Kier molecular flexibility index (Phi) is 7.29. The average Bonchev–Trinajstić information content (AvgIpc) is 3.36. The molecule has 214 valence electrons. The molecule has 2 saturated heterocycles. The van der Waals surface area contributed by atoms with E-state index in [1.807, 2.05) is 23.1 Å². The van der Waals surface area contributed by atoms with E-state index in [-0.39, 0.29) is 24.7 Å². The van der Waals surface area contributed by atoms with Gasteiger partial charge in [-0.05, 0) is 48.2 Å². The molecule has 2 fully saturated rings. The second kappa shape index (κ2) is 11.7. The van der Waals surface area contributed by atoms with Gasteiger partial charge in [-0.15, -0.1) is 0 Å². The maximum Gasteiger partial charge on any atom is 0.255 e. The van der Waals surface area contributed by atoms with E-state index in [2.05, 4.69) is 33.8 Å². The van der Waals surface area contributed by atoms with Crippen molar-refractivity contribution in [3.8, 4) is 5.75 Å². The van der Waals surface area contributed by atoms with Crippen LogP contribution in [0.15, 0.2) is 72.9 Å². The Bertz CT molecular complexity index is 1630. The smallest absolute Gasteiger partial charge is 0.255 e. The number of allylic oxidation sites excluding steroid dienone is 1. The first-order valence-electron chi connectivity index (χ1n) is 14.5. The molecule has 0 unspecified atom stereocenters. The Labute approximate surface area is 246 Å². The molecule has 42 heavy (non-hydrogen) atoms. The number of benzene rings is 3. The minimum Gasteiger partial charge on any atom is -0.489 e. The van der Waals surface area contributed by atoms with E-state index in [1.54, 1.807) is 24.3 Å². The number of hydrogen-bond acceptors (Lipinski definition) is 5. The van der Waals surface area contributed by atoms with Crippen LogP contribution >= 0.6 is 0 Å². The molecule has 2 amide bonds. The largest absolute Gasteiger partial charge is 0.489 e. The van der Waals surface area contributed by atoms with E-state index in [9.17, 15) is 14.0 Å². The molecule has 0 aromatic heterocycles. The van der Waals surface area contributed by atoms with E-state index >= 15 is 0 Å². The van der Waals surface area contributed by atoms with Crippen LogP contribution < -0.4 is 15.0 Å². The number of anilines is 1. The second-order valence-corrected chi connectivity index (χ2v) is 10.8. The van der Waals surface area contributed by atoms with Crippen molar-refractivity contribution in [2.24, 2.45) is 0 Å². The number of fused-ring (bicyclic) bond motifs is 1. The van der Waals surface area contributed by atoms with Gasteiger partial charge in [-0.25, -0.2) is 9.24 Å². The SMILES string of the molecule is [2H][C@@]1(N2Cc3c(OCc4ccc(CN5CCN(c6ccc([N+]#[C-])cc6F)CC5)cc4)cccc3C2=O)CCC(=C)NC1=O. The van der Waals surface area contributed by atoms with Crippen LogP contribution in [-0.4, -0.2) is 53.8 Å².